The summed E-state index contributed by atoms with van der Waals surface area (Å²) in [5.74, 6) is 0.655. The number of hydroxylamine groups is 1. The van der Waals surface area contributed by atoms with E-state index >= 15 is 0 Å². The molecule has 7 heteroatoms. The third-order valence-corrected chi connectivity index (χ3v) is 9.88. The zero-order chi connectivity index (χ0) is 35.6. The van der Waals surface area contributed by atoms with E-state index in [1.165, 1.54) is 11.1 Å². The van der Waals surface area contributed by atoms with E-state index in [0.717, 1.165) is 39.2 Å². The van der Waals surface area contributed by atoms with Crippen LogP contribution in [0.5, 0.6) is 11.6 Å². The molecular weight excluding hydrogens is 665 g/mol. The predicted molar refractivity (Wildman–Crippen MR) is 210 cm³/mol. The number of aromatic nitrogens is 1. The molecule has 7 rings (SSSR count). The van der Waals surface area contributed by atoms with E-state index < -0.39 is 5.54 Å². The number of hydrogen-bond donors (Lipinski definition) is 2. The Morgan fingerprint density at radius 3 is 1.71 bits per heavy atom. The molecule has 0 atom stereocenters. The van der Waals surface area contributed by atoms with Gasteiger partial charge in [0.05, 0.1) is 4.88 Å². The number of ether oxygens (including phenoxy) is 1. The first-order chi connectivity index (χ1) is 25.6. The summed E-state index contributed by atoms with van der Waals surface area (Å²) in [6, 6.07) is 56.0. The second-order valence-corrected chi connectivity index (χ2v) is 13.3. The Bertz CT molecular complexity index is 2150. The predicted octanol–water partition coefficient (Wildman–Crippen LogP) is 9.28. The summed E-state index contributed by atoms with van der Waals surface area (Å²) in [6.07, 6.45) is 4.09. The maximum atomic E-state index is 14.0. The van der Waals surface area contributed by atoms with E-state index in [0.29, 0.717) is 30.3 Å². The van der Waals surface area contributed by atoms with Crippen LogP contribution in [-0.4, -0.2) is 22.9 Å². The summed E-state index contributed by atoms with van der Waals surface area (Å²) in [4.78, 5) is 19.8. The highest BCUT2D eigenvalue weighted by molar-refractivity contribution is 7.09. The summed E-state index contributed by atoms with van der Waals surface area (Å²) in [5.41, 5.74) is 8.76. The van der Waals surface area contributed by atoms with Crippen molar-refractivity contribution in [3.63, 3.8) is 0 Å². The molecular formula is C45H38N2O4S. The number of aromatic hydroxyl groups is 1. The zero-order valence-corrected chi connectivity index (χ0v) is 29.3. The molecule has 0 aliphatic rings. The Hall–Kier alpha value is -6.15. The second-order valence-electron chi connectivity index (χ2n) is 12.2. The number of nitrogens with one attached hydrogen (secondary N) is 1. The molecule has 0 aliphatic carbocycles. The van der Waals surface area contributed by atoms with Gasteiger partial charge in [0.15, 0.2) is 0 Å². The number of nitrogens with zero attached hydrogens (tertiary/aromatic N) is 1. The van der Waals surface area contributed by atoms with E-state index in [1.807, 2.05) is 140 Å². The lowest BCUT2D eigenvalue weighted by Crippen LogP contribution is -2.42. The molecule has 0 radical (unpaired) electrons. The minimum atomic E-state index is -1.09. The van der Waals surface area contributed by atoms with Gasteiger partial charge in [-0.1, -0.05) is 169 Å². The van der Waals surface area contributed by atoms with E-state index in [4.69, 9.17) is 9.57 Å². The van der Waals surface area contributed by atoms with Crippen molar-refractivity contribution in [1.82, 2.24) is 10.0 Å². The molecule has 7 aromatic rings. The number of benzene rings is 6. The van der Waals surface area contributed by atoms with Gasteiger partial charge >= 0.3 is 4.87 Å². The molecule has 2 N–H and O–H groups in total. The van der Waals surface area contributed by atoms with Crippen molar-refractivity contribution in [3.05, 3.63) is 218 Å². The number of thiazole rings is 1. The SMILES string of the molecule is O=c1sc(Cc2ccc(OCCONC=Cc3ccc(-c4ccccc4)cc3)cc2)c(O)n1C(c1ccccc1)(c1ccccc1)c1ccccc1. The molecule has 6 nitrogen and oxygen atoms in total. The van der Waals surface area contributed by atoms with Gasteiger partial charge in [-0.05, 0) is 57.2 Å². The molecule has 52 heavy (non-hydrogen) atoms. The summed E-state index contributed by atoms with van der Waals surface area (Å²) in [7, 11) is 0. The molecule has 1 heterocycles. The quantitative estimate of drug-likeness (QED) is 0.0672. The van der Waals surface area contributed by atoms with Gasteiger partial charge in [-0.2, -0.15) is 0 Å². The third kappa shape index (κ3) is 7.47. The highest BCUT2D eigenvalue weighted by Gasteiger charge is 2.42. The highest BCUT2D eigenvalue weighted by Crippen LogP contribution is 2.43. The third-order valence-electron chi connectivity index (χ3n) is 8.95. The van der Waals surface area contributed by atoms with Gasteiger partial charge in [-0.3, -0.25) is 19.7 Å². The molecule has 0 amide bonds. The minimum absolute atomic E-state index is 0.0465. The van der Waals surface area contributed by atoms with Crippen molar-refractivity contribution in [1.29, 1.82) is 0 Å². The van der Waals surface area contributed by atoms with Crippen molar-refractivity contribution in [3.8, 4) is 22.8 Å². The summed E-state index contributed by atoms with van der Waals surface area (Å²) in [5, 5.41) is 11.9. The van der Waals surface area contributed by atoms with Crippen LogP contribution >= 0.6 is 11.3 Å². The largest absolute Gasteiger partial charge is 0.494 e. The first-order valence-electron chi connectivity index (χ1n) is 17.1. The smallest absolute Gasteiger partial charge is 0.311 e. The van der Waals surface area contributed by atoms with E-state index in [-0.39, 0.29) is 10.8 Å². The molecule has 0 saturated carbocycles. The number of rotatable bonds is 14. The standard InChI is InChI=1S/C45H38N2O4S/c48-43-42(52-44(49)47(43)45(38-15-7-2-8-16-38,39-17-9-3-10-18-39)40-19-11-4-12-20-40)33-35-23-27-41(28-24-35)50-31-32-51-46-30-29-34-21-25-37(26-22-34)36-13-5-1-6-14-36/h1-30,46,48H,31-33H2. The van der Waals surface area contributed by atoms with Gasteiger partial charge in [-0.25, -0.2) is 0 Å². The average Bonchev–Trinajstić information content (AvgIpc) is 3.48. The van der Waals surface area contributed by atoms with E-state index in [1.54, 1.807) is 10.8 Å². The van der Waals surface area contributed by atoms with Gasteiger partial charge in [-0.15, -0.1) is 0 Å². The first-order valence-corrected chi connectivity index (χ1v) is 18.0. The Morgan fingerprint density at radius 2 is 1.15 bits per heavy atom. The van der Waals surface area contributed by atoms with Gasteiger partial charge < -0.3 is 9.84 Å². The number of hydrogen-bond acceptors (Lipinski definition) is 6. The normalized spacial score (nSPS) is 11.5. The minimum Gasteiger partial charge on any atom is -0.494 e. The topological polar surface area (TPSA) is 72.7 Å². The lowest BCUT2D eigenvalue weighted by Gasteiger charge is -2.37. The Kier molecular flexibility index (Phi) is 10.7. The van der Waals surface area contributed by atoms with Gasteiger partial charge in [0, 0.05) is 12.6 Å². The van der Waals surface area contributed by atoms with Crippen LogP contribution in [0.25, 0.3) is 17.2 Å². The molecule has 0 spiro atoms. The van der Waals surface area contributed by atoms with E-state index in [2.05, 4.69) is 41.9 Å². The van der Waals surface area contributed by atoms with Crippen LogP contribution in [0.2, 0.25) is 0 Å². The summed E-state index contributed by atoms with van der Waals surface area (Å²) in [6.45, 7) is 0.706. The van der Waals surface area contributed by atoms with Crippen LogP contribution in [-0.2, 0) is 16.8 Å². The monoisotopic (exact) mass is 702 g/mol. The fourth-order valence-electron chi connectivity index (χ4n) is 6.49. The lowest BCUT2D eigenvalue weighted by molar-refractivity contribution is 0.0484. The van der Waals surface area contributed by atoms with Gasteiger partial charge in [0.1, 0.15) is 24.5 Å². The van der Waals surface area contributed by atoms with Crippen LogP contribution in [0.3, 0.4) is 0 Å². The van der Waals surface area contributed by atoms with Crippen LogP contribution in [0.1, 0.15) is 32.7 Å². The molecule has 6 aromatic carbocycles. The Morgan fingerprint density at radius 1 is 0.635 bits per heavy atom. The molecule has 0 unspecified atom stereocenters. The molecule has 258 valence electrons. The van der Waals surface area contributed by atoms with Crippen molar-refractivity contribution in [2.45, 2.75) is 12.0 Å². The van der Waals surface area contributed by atoms with Crippen molar-refractivity contribution in [2.24, 2.45) is 0 Å². The maximum Gasteiger partial charge on any atom is 0.311 e. The first kappa shape index (κ1) is 34.3. The maximum absolute atomic E-state index is 14.0. The molecule has 0 aliphatic heterocycles. The fraction of sp³-hybridized carbons (Fsp3) is 0.0889. The lowest BCUT2D eigenvalue weighted by atomic mass is 9.76. The highest BCUT2D eigenvalue weighted by atomic mass is 32.1. The van der Waals surface area contributed by atoms with Crippen LogP contribution in [0.15, 0.2) is 181 Å². The van der Waals surface area contributed by atoms with Gasteiger partial charge in [0.25, 0.3) is 0 Å². The van der Waals surface area contributed by atoms with E-state index in [9.17, 15) is 9.90 Å². The van der Waals surface area contributed by atoms with Crippen molar-refractivity contribution in [2.75, 3.05) is 13.2 Å². The van der Waals surface area contributed by atoms with Crippen LogP contribution in [0, 0.1) is 0 Å². The Labute approximate surface area is 307 Å². The van der Waals surface area contributed by atoms with Crippen molar-refractivity contribution >= 4 is 17.4 Å². The fourth-order valence-corrected chi connectivity index (χ4v) is 7.44. The summed E-state index contributed by atoms with van der Waals surface area (Å²) < 4.78 is 7.43. The summed E-state index contributed by atoms with van der Waals surface area (Å²) >= 11 is 1.07. The Balaban J connectivity index is 0.996. The van der Waals surface area contributed by atoms with Crippen molar-refractivity contribution < 1.29 is 14.7 Å². The van der Waals surface area contributed by atoms with Gasteiger partial charge in [0.2, 0.25) is 5.88 Å². The van der Waals surface area contributed by atoms with Crippen LogP contribution in [0.4, 0.5) is 0 Å². The molecule has 0 saturated heterocycles. The average molecular weight is 703 g/mol. The molecule has 1 aromatic heterocycles. The molecule has 0 bridgehead atoms. The van der Waals surface area contributed by atoms with Crippen LogP contribution < -0.4 is 15.1 Å². The zero-order valence-electron chi connectivity index (χ0n) is 28.5. The second kappa shape index (κ2) is 16.2. The molecule has 0 fully saturated rings.